The number of nitrogens with one attached hydrogen (secondary N) is 1. The van der Waals surface area contributed by atoms with Gasteiger partial charge in [0.1, 0.15) is 18.0 Å². The molecule has 4 rings (SSSR count). The third-order valence-corrected chi connectivity index (χ3v) is 5.42. The molecule has 0 saturated heterocycles. The lowest BCUT2D eigenvalue weighted by molar-refractivity contribution is -0.140. The number of alkyl halides is 3. The van der Waals surface area contributed by atoms with Crippen LogP contribution in [0.5, 0.6) is 5.75 Å². The van der Waals surface area contributed by atoms with Crippen molar-refractivity contribution in [2.75, 3.05) is 6.61 Å². The van der Waals surface area contributed by atoms with E-state index in [2.05, 4.69) is 21.9 Å². The lowest BCUT2D eigenvalue weighted by atomic mass is 10.0. The molecule has 0 aliphatic heterocycles. The van der Waals surface area contributed by atoms with Crippen LogP contribution >= 0.6 is 23.2 Å². The van der Waals surface area contributed by atoms with Crippen molar-refractivity contribution in [3.8, 4) is 40.0 Å². The molecule has 0 aliphatic carbocycles. The Labute approximate surface area is 193 Å². The lowest BCUT2D eigenvalue weighted by Crippen LogP contribution is -2.10. The molecule has 4 aromatic rings. The van der Waals surface area contributed by atoms with Gasteiger partial charge in [0.2, 0.25) is 0 Å². The second-order valence-electron chi connectivity index (χ2n) is 6.82. The number of aromatic amines is 1. The van der Waals surface area contributed by atoms with E-state index in [1.165, 1.54) is 36.4 Å². The Balaban J connectivity index is 2.04. The first-order chi connectivity index (χ1) is 15.6. The summed E-state index contributed by atoms with van der Waals surface area (Å²) >= 11 is 11.9. The van der Waals surface area contributed by atoms with Crippen molar-refractivity contribution in [3.63, 3.8) is 0 Å². The van der Waals surface area contributed by atoms with Gasteiger partial charge in [-0.1, -0.05) is 41.1 Å². The largest absolute Gasteiger partial charge is 0.507 e. The molecule has 11 heteroatoms. The predicted octanol–water partition coefficient (Wildman–Crippen LogP) is 4.73. The third-order valence-electron chi connectivity index (χ3n) is 4.69. The maximum Gasteiger partial charge on any atom is 0.435 e. The number of rotatable bonds is 2. The van der Waals surface area contributed by atoms with Crippen molar-refractivity contribution in [3.05, 3.63) is 74.1 Å². The van der Waals surface area contributed by atoms with E-state index in [-0.39, 0.29) is 44.9 Å². The van der Waals surface area contributed by atoms with Gasteiger partial charge in [0.05, 0.1) is 21.3 Å². The van der Waals surface area contributed by atoms with Crippen molar-refractivity contribution < 1.29 is 23.4 Å². The smallest absolute Gasteiger partial charge is 0.435 e. The second-order valence-corrected chi connectivity index (χ2v) is 7.64. The summed E-state index contributed by atoms with van der Waals surface area (Å²) in [7, 11) is 0. The number of aromatic nitrogens is 3. The molecule has 2 aromatic heterocycles. The van der Waals surface area contributed by atoms with Crippen LogP contribution in [0.15, 0.2) is 47.3 Å². The number of benzene rings is 2. The highest BCUT2D eigenvalue weighted by molar-refractivity contribution is 6.42. The first kappa shape index (κ1) is 22.7. The zero-order valence-corrected chi connectivity index (χ0v) is 17.8. The van der Waals surface area contributed by atoms with Gasteiger partial charge in [-0.25, -0.2) is 4.52 Å². The number of phenolic OH excluding ortho intramolecular Hbond substituents is 1. The fraction of sp³-hybridized carbons (Fsp3) is 0.0909. The molecule has 0 atom stereocenters. The molecule has 6 nitrogen and oxygen atoms in total. The summed E-state index contributed by atoms with van der Waals surface area (Å²) in [6.45, 7) is -0.387. The van der Waals surface area contributed by atoms with Crippen LogP contribution in [0.1, 0.15) is 11.3 Å². The molecule has 0 aliphatic rings. The maximum absolute atomic E-state index is 13.9. The summed E-state index contributed by atoms with van der Waals surface area (Å²) in [5.74, 6) is 4.68. The summed E-state index contributed by atoms with van der Waals surface area (Å²) in [6, 6.07) is 9.07. The van der Waals surface area contributed by atoms with Crippen LogP contribution in [-0.4, -0.2) is 31.4 Å². The van der Waals surface area contributed by atoms with Crippen LogP contribution in [0.4, 0.5) is 13.2 Å². The SMILES string of the molecule is O=c1cc(-c2ccc(C#CCO)cc2O)n2nc(C(F)(F)F)c(-c3ccc(Cl)c(Cl)c3)c2[nH]1. The van der Waals surface area contributed by atoms with E-state index in [0.29, 0.717) is 5.56 Å². The summed E-state index contributed by atoms with van der Waals surface area (Å²) in [5, 5.41) is 23.2. The Bertz CT molecular complexity index is 1520. The molecule has 2 heterocycles. The molecule has 0 amide bonds. The predicted molar refractivity (Wildman–Crippen MR) is 117 cm³/mol. The molecule has 0 bridgehead atoms. The van der Waals surface area contributed by atoms with E-state index in [4.69, 9.17) is 28.3 Å². The molecule has 0 saturated carbocycles. The van der Waals surface area contributed by atoms with Gasteiger partial charge in [-0.3, -0.25) is 4.79 Å². The zero-order chi connectivity index (χ0) is 23.9. The number of aliphatic hydroxyl groups is 1. The van der Waals surface area contributed by atoms with Gasteiger partial charge in [0, 0.05) is 17.2 Å². The Morgan fingerprint density at radius 3 is 2.48 bits per heavy atom. The number of fused-ring (bicyclic) bond motifs is 1. The highest BCUT2D eigenvalue weighted by Gasteiger charge is 2.39. The highest BCUT2D eigenvalue weighted by atomic mass is 35.5. The van der Waals surface area contributed by atoms with Gasteiger partial charge < -0.3 is 15.2 Å². The summed E-state index contributed by atoms with van der Waals surface area (Å²) in [6.07, 6.45) is -4.87. The van der Waals surface area contributed by atoms with Gasteiger partial charge in [-0.15, -0.1) is 0 Å². The van der Waals surface area contributed by atoms with Crippen molar-refractivity contribution in [1.82, 2.24) is 14.6 Å². The number of halogens is 5. The molecular weight excluding hydrogens is 482 g/mol. The monoisotopic (exact) mass is 493 g/mol. The first-order valence-corrected chi connectivity index (χ1v) is 9.97. The molecule has 168 valence electrons. The van der Waals surface area contributed by atoms with Crippen molar-refractivity contribution >= 4 is 28.8 Å². The minimum absolute atomic E-state index is 0.0253. The van der Waals surface area contributed by atoms with E-state index in [1.54, 1.807) is 0 Å². The summed E-state index contributed by atoms with van der Waals surface area (Å²) in [5.41, 5.74) is -2.23. The number of aromatic hydroxyl groups is 1. The van der Waals surface area contributed by atoms with E-state index in [1.807, 2.05) is 0 Å². The minimum atomic E-state index is -4.87. The van der Waals surface area contributed by atoms with E-state index >= 15 is 0 Å². The second kappa shape index (κ2) is 8.48. The Morgan fingerprint density at radius 2 is 1.85 bits per heavy atom. The van der Waals surface area contributed by atoms with Crippen LogP contribution in [0.25, 0.3) is 28.0 Å². The highest BCUT2D eigenvalue weighted by Crippen LogP contribution is 2.41. The minimum Gasteiger partial charge on any atom is -0.507 e. The summed E-state index contributed by atoms with van der Waals surface area (Å²) < 4.78 is 42.7. The Morgan fingerprint density at radius 1 is 1.09 bits per heavy atom. The van der Waals surface area contributed by atoms with Crippen molar-refractivity contribution in [1.29, 1.82) is 0 Å². The van der Waals surface area contributed by atoms with Gasteiger partial charge in [0.15, 0.2) is 5.69 Å². The summed E-state index contributed by atoms with van der Waals surface area (Å²) in [4.78, 5) is 14.8. The van der Waals surface area contributed by atoms with Crippen LogP contribution in [0.3, 0.4) is 0 Å². The lowest BCUT2D eigenvalue weighted by Gasteiger charge is -2.08. The van der Waals surface area contributed by atoms with Crippen molar-refractivity contribution in [2.45, 2.75) is 6.18 Å². The van der Waals surface area contributed by atoms with E-state index < -0.39 is 23.0 Å². The number of phenols is 1. The Hall–Kier alpha value is -3.45. The van der Waals surface area contributed by atoms with Crippen molar-refractivity contribution in [2.24, 2.45) is 0 Å². The van der Waals surface area contributed by atoms with E-state index in [9.17, 15) is 23.1 Å². The number of aliphatic hydroxyl groups excluding tert-OH is 1. The fourth-order valence-electron chi connectivity index (χ4n) is 3.33. The first-order valence-electron chi connectivity index (χ1n) is 9.22. The average molecular weight is 494 g/mol. The molecule has 2 aromatic carbocycles. The van der Waals surface area contributed by atoms with Gasteiger partial charge in [-0.2, -0.15) is 18.3 Å². The fourth-order valence-corrected chi connectivity index (χ4v) is 3.63. The molecule has 0 spiro atoms. The molecule has 33 heavy (non-hydrogen) atoms. The van der Waals surface area contributed by atoms with Gasteiger partial charge in [0.25, 0.3) is 5.56 Å². The molecular formula is C22H12Cl2F3N3O3. The molecule has 0 fully saturated rings. The number of hydrogen-bond donors (Lipinski definition) is 3. The van der Waals surface area contributed by atoms with Crippen LogP contribution in [-0.2, 0) is 6.18 Å². The van der Waals surface area contributed by atoms with Crippen LogP contribution in [0.2, 0.25) is 10.0 Å². The normalized spacial score (nSPS) is 11.5. The van der Waals surface area contributed by atoms with Gasteiger partial charge in [-0.05, 0) is 35.9 Å². The topological polar surface area (TPSA) is 90.6 Å². The van der Waals surface area contributed by atoms with E-state index in [0.717, 1.165) is 10.6 Å². The number of hydrogen-bond acceptors (Lipinski definition) is 4. The molecule has 0 unspecified atom stereocenters. The molecule has 3 N–H and O–H groups in total. The molecule has 0 radical (unpaired) electrons. The third kappa shape index (κ3) is 4.28. The maximum atomic E-state index is 13.9. The Kier molecular flexibility index (Phi) is 5.84. The number of H-pyrrole nitrogens is 1. The average Bonchev–Trinajstić information content (AvgIpc) is 3.13. The van der Waals surface area contributed by atoms with Crippen LogP contribution < -0.4 is 5.56 Å². The zero-order valence-electron chi connectivity index (χ0n) is 16.3. The standard InChI is InChI=1S/C22H12Cl2F3N3O3/c23-14-6-4-12(9-15(14)24)19-20(22(25,26)27)29-30-16(10-18(33)28-21(19)30)13-5-3-11(2-1-7-31)8-17(13)32/h3-6,8-10,31-32H,7H2,(H,28,33). The van der Waals surface area contributed by atoms with Gasteiger partial charge >= 0.3 is 6.18 Å². The quantitative estimate of drug-likeness (QED) is 0.352. The number of nitrogens with zero attached hydrogens (tertiary/aromatic N) is 2. The van der Waals surface area contributed by atoms with Crippen LogP contribution in [0, 0.1) is 11.8 Å².